The molecule has 0 bridgehead atoms. The van der Waals surface area contributed by atoms with Crippen LogP contribution in [0.4, 0.5) is 0 Å². The highest BCUT2D eigenvalue weighted by Crippen LogP contribution is 2.13. The van der Waals surface area contributed by atoms with Crippen molar-refractivity contribution < 1.29 is 19.1 Å². The molecule has 0 fully saturated rings. The lowest BCUT2D eigenvalue weighted by Crippen LogP contribution is -2.12. The second-order valence-corrected chi connectivity index (χ2v) is 11.1. The molecule has 0 aliphatic heterocycles. The molecule has 4 heteroatoms. The summed E-state index contributed by atoms with van der Waals surface area (Å²) in [6.45, 7) is 12.4. The molecule has 0 amide bonds. The molecule has 0 spiro atoms. The number of rotatable bonds is 20. The summed E-state index contributed by atoms with van der Waals surface area (Å²) < 4.78 is 9.56. The van der Waals surface area contributed by atoms with Crippen molar-refractivity contribution >= 4 is 11.9 Å². The summed E-state index contributed by atoms with van der Waals surface area (Å²) >= 11 is 0. The maximum atomic E-state index is 11.3. The Morgan fingerprint density at radius 2 is 0.974 bits per heavy atom. The Kier molecular flexibility index (Phi) is 30.9. The summed E-state index contributed by atoms with van der Waals surface area (Å²) in [6.07, 6.45) is 23.1. The summed E-state index contributed by atoms with van der Waals surface area (Å²) in [5.74, 6) is -0.202. The van der Waals surface area contributed by atoms with Gasteiger partial charge in [-0.15, -0.1) is 0 Å². The van der Waals surface area contributed by atoms with E-state index in [2.05, 4.69) is 42.8 Å². The third-order valence-electron chi connectivity index (χ3n) is 6.64. The maximum Gasteiger partial charge on any atom is 0.308 e. The van der Waals surface area contributed by atoms with Crippen molar-refractivity contribution in [1.29, 1.82) is 0 Å². The lowest BCUT2D eigenvalue weighted by Gasteiger charge is -2.06. The van der Waals surface area contributed by atoms with Crippen molar-refractivity contribution in [2.75, 3.05) is 13.7 Å². The summed E-state index contributed by atoms with van der Waals surface area (Å²) in [4.78, 5) is 21.6. The van der Waals surface area contributed by atoms with Crippen molar-refractivity contribution in [3.8, 4) is 0 Å². The summed E-state index contributed by atoms with van der Waals surface area (Å²) in [7, 11) is 1.39. The van der Waals surface area contributed by atoms with Crippen LogP contribution in [0.1, 0.15) is 150 Å². The summed E-state index contributed by atoms with van der Waals surface area (Å²) in [5, 5.41) is 0. The first-order valence-corrected chi connectivity index (χ1v) is 16.1. The monoisotopic (exact) mass is 548 g/mol. The number of methoxy groups -OCH3 is 1. The number of aryl methyl sites for hydroxylation is 1. The van der Waals surface area contributed by atoms with Gasteiger partial charge in [-0.1, -0.05) is 168 Å². The molecular formula is C35H64O4. The number of hydrogen-bond donors (Lipinski definition) is 0. The fraction of sp³-hybridized carbons (Fsp3) is 0.771. The summed E-state index contributed by atoms with van der Waals surface area (Å²) in [6, 6.07) is 10.5. The van der Waals surface area contributed by atoms with E-state index in [1.807, 2.05) is 19.9 Å². The Labute approximate surface area is 243 Å². The molecule has 0 aromatic heterocycles. The normalized spacial score (nSPS) is 10.4. The van der Waals surface area contributed by atoms with Crippen LogP contribution in [0.5, 0.6) is 0 Å². The van der Waals surface area contributed by atoms with Crippen LogP contribution in [-0.2, 0) is 25.5 Å². The largest absolute Gasteiger partial charge is 0.469 e. The van der Waals surface area contributed by atoms with E-state index in [4.69, 9.17) is 4.74 Å². The van der Waals surface area contributed by atoms with Gasteiger partial charge in [0.2, 0.25) is 0 Å². The topological polar surface area (TPSA) is 52.6 Å². The molecule has 228 valence electrons. The van der Waals surface area contributed by atoms with Crippen LogP contribution in [0, 0.1) is 11.8 Å². The van der Waals surface area contributed by atoms with Crippen molar-refractivity contribution in [2.45, 2.75) is 151 Å². The number of ether oxygens (including phenoxy) is 2. The van der Waals surface area contributed by atoms with E-state index in [9.17, 15) is 9.59 Å². The fourth-order valence-corrected chi connectivity index (χ4v) is 3.94. The van der Waals surface area contributed by atoms with Gasteiger partial charge in [0, 0.05) is 0 Å². The molecule has 0 unspecified atom stereocenters. The Hall–Kier alpha value is -1.84. The second kappa shape index (κ2) is 30.7. The molecule has 1 aromatic carbocycles. The highest BCUT2D eigenvalue weighted by molar-refractivity contribution is 5.71. The lowest BCUT2D eigenvalue weighted by atomic mass is 10.0. The Morgan fingerprint density at radius 1 is 0.590 bits per heavy atom. The highest BCUT2D eigenvalue weighted by Gasteiger charge is 2.07. The van der Waals surface area contributed by atoms with Crippen molar-refractivity contribution in [3.63, 3.8) is 0 Å². The van der Waals surface area contributed by atoms with E-state index in [0.29, 0.717) is 6.61 Å². The molecule has 0 radical (unpaired) electrons. The standard InChI is InChI=1S/C22H44O2.C8H10.C5H10O2/c1-4-5-6-7-8-9-10-11-12-13-14-15-16-17-18-19-20-24-22(23)21(2)3;1-2-8-6-4-3-5-7-8;1-4(2)5(6)7-3/h21H,4-20H2,1-3H3;3-7H,2H2,1H3;4H,1-3H3. The van der Waals surface area contributed by atoms with Gasteiger partial charge in [0.25, 0.3) is 0 Å². The van der Waals surface area contributed by atoms with Crippen molar-refractivity contribution in [3.05, 3.63) is 35.9 Å². The number of unbranched alkanes of at least 4 members (excludes halogenated alkanes) is 15. The van der Waals surface area contributed by atoms with E-state index in [0.717, 1.165) is 12.8 Å². The Morgan fingerprint density at radius 3 is 1.26 bits per heavy atom. The third-order valence-corrected chi connectivity index (χ3v) is 6.64. The van der Waals surface area contributed by atoms with Crippen LogP contribution >= 0.6 is 0 Å². The third kappa shape index (κ3) is 30.6. The smallest absolute Gasteiger partial charge is 0.308 e. The average Bonchev–Trinajstić information content (AvgIpc) is 2.95. The van der Waals surface area contributed by atoms with E-state index in [-0.39, 0.29) is 23.8 Å². The predicted molar refractivity (Wildman–Crippen MR) is 168 cm³/mol. The number of benzene rings is 1. The molecule has 1 aromatic rings. The van der Waals surface area contributed by atoms with E-state index in [1.54, 1.807) is 13.8 Å². The van der Waals surface area contributed by atoms with Crippen LogP contribution in [-0.4, -0.2) is 25.7 Å². The minimum absolute atomic E-state index is 0.00463. The van der Waals surface area contributed by atoms with Gasteiger partial charge in [0.05, 0.1) is 25.6 Å². The average molecular weight is 549 g/mol. The summed E-state index contributed by atoms with van der Waals surface area (Å²) in [5.41, 5.74) is 1.41. The highest BCUT2D eigenvalue weighted by atomic mass is 16.5. The van der Waals surface area contributed by atoms with Gasteiger partial charge < -0.3 is 9.47 Å². The zero-order chi connectivity index (χ0) is 29.6. The maximum absolute atomic E-state index is 11.3. The number of carbonyl (C=O) groups excluding carboxylic acids is 2. The number of esters is 2. The SMILES string of the molecule is CCCCCCCCCCCCCCCCCCOC(=O)C(C)C.CCc1ccccc1.COC(=O)C(C)C. The minimum Gasteiger partial charge on any atom is -0.469 e. The van der Waals surface area contributed by atoms with Crippen LogP contribution in [0.2, 0.25) is 0 Å². The van der Waals surface area contributed by atoms with Gasteiger partial charge in [-0.25, -0.2) is 0 Å². The lowest BCUT2D eigenvalue weighted by molar-refractivity contribution is -0.147. The van der Waals surface area contributed by atoms with Gasteiger partial charge in [-0.05, 0) is 18.4 Å². The first-order chi connectivity index (χ1) is 18.8. The molecule has 0 saturated carbocycles. The van der Waals surface area contributed by atoms with E-state index >= 15 is 0 Å². The zero-order valence-electron chi connectivity index (χ0n) is 26.9. The number of carbonyl (C=O) groups is 2. The van der Waals surface area contributed by atoms with Gasteiger partial charge in [0.15, 0.2) is 0 Å². The molecule has 0 saturated heterocycles. The van der Waals surface area contributed by atoms with Gasteiger partial charge in [-0.3, -0.25) is 9.59 Å². The van der Waals surface area contributed by atoms with Gasteiger partial charge >= 0.3 is 11.9 Å². The molecule has 0 atom stereocenters. The van der Waals surface area contributed by atoms with Crippen LogP contribution in [0.25, 0.3) is 0 Å². The van der Waals surface area contributed by atoms with Gasteiger partial charge in [0.1, 0.15) is 0 Å². The first kappa shape index (κ1) is 39.3. The molecule has 0 aliphatic carbocycles. The van der Waals surface area contributed by atoms with Crippen LogP contribution < -0.4 is 0 Å². The Bertz CT molecular complexity index is 639. The molecule has 0 N–H and O–H groups in total. The quantitative estimate of drug-likeness (QED) is 0.120. The van der Waals surface area contributed by atoms with Crippen LogP contribution in [0.15, 0.2) is 30.3 Å². The van der Waals surface area contributed by atoms with E-state index < -0.39 is 0 Å². The molecule has 1 rings (SSSR count). The van der Waals surface area contributed by atoms with Crippen LogP contribution in [0.3, 0.4) is 0 Å². The van der Waals surface area contributed by atoms with E-state index in [1.165, 1.54) is 109 Å². The minimum atomic E-state index is -0.153. The molecule has 0 aliphatic rings. The fourth-order valence-electron chi connectivity index (χ4n) is 3.94. The number of hydrogen-bond acceptors (Lipinski definition) is 4. The molecule has 39 heavy (non-hydrogen) atoms. The molecule has 4 nitrogen and oxygen atoms in total. The van der Waals surface area contributed by atoms with Gasteiger partial charge in [-0.2, -0.15) is 0 Å². The molecular weight excluding hydrogens is 484 g/mol. The first-order valence-electron chi connectivity index (χ1n) is 16.1. The Balaban J connectivity index is 0. The molecule has 0 heterocycles. The second-order valence-electron chi connectivity index (χ2n) is 11.1. The zero-order valence-corrected chi connectivity index (χ0v) is 26.9. The van der Waals surface area contributed by atoms with Crippen molar-refractivity contribution in [2.24, 2.45) is 11.8 Å². The predicted octanol–water partition coefficient (Wildman–Crippen LogP) is 10.5. The van der Waals surface area contributed by atoms with Crippen molar-refractivity contribution in [1.82, 2.24) is 0 Å².